The van der Waals surface area contributed by atoms with Gasteiger partial charge in [-0.05, 0) is 31.2 Å². The van der Waals surface area contributed by atoms with Gasteiger partial charge in [-0.15, -0.1) is 0 Å². The van der Waals surface area contributed by atoms with Crippen LogP contribution in [-0.2, 0) is 4.74 Å². The van der Waals surface area contributed by atoms with Gasteiger partial charge in [0.15, 0.2) is 0 Å². The highest BCUT2D eigenvalue weighted by molar-refractivity contribution is 5.68. The summed E-state index contributed by atoms with van der Waals surface area (Å²) in [6.07, 6.45) is 5.15. The SMILES string of the molecule is Nc1ncc(-c2cc(N3CC4CC3CO4)nc(N3CC4CC3C4)n2)cc1C1CC1(F)F. The lowest BCUT2D eigenvalue weighted by Gasteiger charge is -2.30. The summed E-state index contributed by atoms with van der Waals surface area (Å²) in [5.74, 6) is -1.01. The lowest BCUT2D eigenvalue weighted by Crippen LogP contribution is -2.38. The Morgan fingerprint density at radius 3 is 2.55 bits per heavy atom. The van der Waals surface area contributed by atoms with Crippen molar-refractivity contribution in [2.75, 3.05) is 35.2 Å². The normalized spacial score (nSPS) is 34.3. The number of nitrogens with zero attached hydrogens (tertiary/aromatic N) is 5. The first-order valence-electron chi connectivity index (χ1n) is 11.1. The van der Waals surface area contributed by atoms with E-state index in [-0.39, 0.29) is 18.3 Å². The predicted molar refractivity (Wildman–Crippen MR) is 111 cm³/mol. The van der Waals surface area contributed by atoms with Crippen molar-refractivity contribution in [3.8, 4) is 11.3 Å². The molecule has 0 aromatic carbocycles. The molecule has 6 aliphatic rings. The van der Waals surface area contributed by atoms with Crippen LogP contribution in [0.15, 0.2) is 18.3 Å². The highest BCUT2D eigenvalue weighted by Gasteiger charge is 2.58. The minimum absolute atomic E-state index is 0.170. The molecular weight excluding hydrogens is 402 g/mol. The van der Waals surface area contributed by atoms with Crippen LogP contribution in [-0.4, -0.2) is 58.8 Å². The Morgan fingerprint density at radius 2 is 1.90 bits per heavy atom. The average Bonchev–Trinajstić information content (AvgIpc) is 3.31. The molecule has 2 saturated carbocycles. The molecule has 4 bridgehead atoms. The molecule has 2 N–H and O–H groups in total. The van der Waals surface area contributed by atoms with Crippen LogP contribution in [0, 0.1) is 5.92 Å². The number of pyridine rings is 1. The summed E-state index contributed by atoms with van der Waals surface area (Å²) >= 11 is 0. The zero-order chi connectivity index (χ0) is 20.9. The van der Waals surface area contributed by atoms with Gasteiger partial charge in [0.25, 0.3) is 5.92 Å². The van der Waals surface area contributed by atoms with Gasteiger partial charge >= 0.3 is 0 Å². The molecule has 8 rings (SSSR count). The van der Waals surface area contributed by atoms with Crippen molar-refractivity contribution in [1.82, 2.24) is 15.0 Å². The van der Waals surface area contributed by atoms with Gasteiger partial charge in [-0.2, -0.15) is 4.98 Å². The van der Waals surface area contributed by atoms with Crippen LogP contribution in [0.25, 0.3) is 11.3 Å². The van der Waals surface area contributed by atoms with E-state index in [0.717, 1.165) is 43.8 Å². The van der Waals surface area contributed by atoms with E-state index in [1.165, 1.54) is 12.8 Å². The Hall–Kier alpha value is -2.55. The number of hydrogen-bond acceptors (Lipinski definition) is 7. The number of morpholine rings is 1. The number of hydrogen-bond donors (Lipinski definition) is 1. The van der Waals surface area contributed by atoms with E-state index >= 15 is 0 Å². The first-order chi connectivity index (χ1) is 14.9. The van der Waals surface area contributed by atoms with E-state index < -0.39 is 11.8 Å². The van der Waals surface area contributed by atoms with Crippen LogP contribution in [0.2, 0.25) is 0 Å². The van der Waals surface area contributed by atoms with Crippen molar-refractivity contribution in [3.63, 3.8) is 0 Å². The summed E-state index contributed by atoms with van der Waals surface area (Å²) < 4.78 is 33.2. The molecule has 2 aromatic rings. The molecule has 7 nitrogen and oxygen atoms in total. The molecule has 0 radical (unpaired) electrons. The quantitative estimate of drug-likeness (QED) is 0.805. The summed E-state index contributed by atoms with van der Waals surface area (Å²) in [6.45, 7) is 2.53. The topological polar surface area (TPSA) is 80.4 Å². The van der Waals surface area contributed by atoms with Crippen LogP contribution in [0.1, 0.15) is 37.2 Å². The fourth-order valence-electron chi connectivity index (χ4n) is 5.76. The Bertz CT molecular complexity index is 1070. The average molecular weight is 426 g/mol. The number of nitrogens with two attached hydrogens (primary N) is 1. The minimum Gasteiger partial charge on any atom is -0.383 e. The van der Waals surface area contributed by atoms with E-state index in [1.807, 2.05) is 6.07 Å². The number of fused-ring (bicyclic) bond motifs is 3. The van der Waals surface area contributed by atoms with Gasteiger partial charge in [-0.25, -0.2) is 18.7 Å². The maximum absolute atomic E-state index is 13.7. The largest absolute Gasteiger partial charge is 0.383 e. The van der Waals surface area contributed by atoms with Gasteiger partial charge in [0.2, 0.25) is 5.95 Å². The van der Waals surface area contributed by atoms with Crippen molar-refractivity contribution in [2.45, 2.75) is 55.7 Å². The molecule has 31 heavy (non-hydrogen) atoms. The monoisotopic (exact) mass is 426 g/mol. The first kappa shape index (κ1) is 18.1. The van der Waals surface area contributed by atoms with Crippen molar-refractivity contribution in [1.29, 1.82) is 0 Å². The molecule has 2 aliphatic carbocycles. The standard InChI is InChI=1S/C22H24F2N6O/c23-22(24)6-17(22)16-3-12(7-26-20(16)25)18-5-19(29-9-15-4-14(29)10-31-15)28-21(27-18)30-8-11-1-13(30)2-11/h3,5,7,11,13-15,17H,1-2,4,6,8-10H2,(H2,25,26). The number of nitrogen functional groups attached to an aromatic ring is 1. The number of halogens is 2. The van der Waals surface area contributed by atoms with Crippen LogP contribution in [0.4, 0.5) is 26.4 Å². The maximum Gasteiger partial charge on any atom is 0.256 e. The molecule has 9 heteroatoms. The second-order valence-electron chi connectivity index (χ2n) is 9.77. The number of ether oxygens (including phenoxy) is 1. The smallest absolute Gasteiger partial charge is 0.256 e. The molecule has 4 saturated heterocycles. The summed E-state index contributed by atoms with van der Waals surface area (Å²) in [6, 6.07) is 4.55. The molecule has 0 spiro atoms. The number of alkyl halides is 2. The van der Waals surface area contributed by atoms with Gasteiger partial charge in [-0.1, -0.05) is 0 Å². The Morgan fingerprint density at radius 1 is 1.06 bits per heavy atom. The third kappa shape index (κ3) is 2.75. The van der Waals surface area contributed by atoms with Crippen molar-refractivity contribution in [3.05, 3.63) is 23.9 Å². The molecule has 3 atom stereocenters. The molecule has 6 fully saturated rings. The van der Waals surface area contributed by atoms with Gasteiger partial charge < -0.3 is 20.3 Å². The molecule has 0 amide bonds. The molecule has 2 aromatic heterocycles. The summed E-state index contributed by atoms with van der Waals surface area (Å²) in [4.78, 5) is 18.7. The summed E-state index contributed by atoms with van der Waals surface area (Å²) in [7, 11) is 0. The zero-order valence-corrected chi connectivity index (χ0v) is 17.0. The Labute approximate surface area is 178 Å². The second kappa shape index (κ2) is 6.03. The van der Waals surface area contributed by atoms with Gasteiger partial charge in [-0.3, -0.25) is 0 Å². The van der Waals surface area contributed by atoms with E-state index in [2.05, 4.69) is 14.8 Å². The second-order valence-corrected chi connectivity index (χ2v) is 9.77. The van der Waals surface area contributed by atoms with Crippen molar-refractivity contribution < 1.29 is 13.5 Å². The number of aromatic nitrogens is 3. The van der Waals surface area contributed by atoms with Crippen LogP contribution < -0.4 is 15.5 Å². The maximum atomic E-state index is 13.7. The lowest BCUT2D eigenvalue weighted by atomic mass is 9.86. The Kier molecular flexibility index (Phi) is 3.51. The van der Waals surface area contributed by atoms with E-state index in [0.29, 0.717) is 28.9 Å². The summed E-state index contributed by atoms with van der Waals surface area (Å²) in [5, 5.41) is 0. The zero-order valence-electron chi connectivity index (χ0n) is 17.0. The van der Waals surface area contributed by atoms with Crippen LogP contribution >= 0.6 is 0 Å². The Balaban J connectivity index is 1.31. The van der Waals surface area contributed by atoms with E-state index in [4.69, 9.17) is 20.4 Å². The molecular formula is C22H24F2N6O. The molecule has 3 unspecified atom stereocenters. The first-order valence-corrected chi connectivity index (χ1v) is 11.1. The number of rotatable bonds is 4. The van der Waals surface area contributed by atoms with Crippen molar-refractivity contribution in [2.24, 2.45) is 5.92 Å². The highest BCUT2D eigenvalue weighted by atomic mass is 19.3. The van der Waals surface area contributed by atoms with E-state index in [9.17, 15) is 8.78 Å². The van der Waals surface area contributed by atoms with Gasteiger partial charge in [0, 0.05) is 48.9 Å². The predicted octanol–water partition coefficient (Wildman–Crippen LogP) is 2.82. The van der Waals surface area contributed by atoms with Crippen LogP contribution in [0.3, 0.4) is 0 Å². The third-order valence-electron chi connectivity index (χ3n) is 7.71. The fraction of sp³-hybridized carbons (Fsp3) is 0.591. The fourth-order valence-corrected chi connectivity index (χ4v) is 5.76. The highest BCUT2D eigenvalue weighted by Crippen LogP contribution is 2.57. The molecule has 6 heterocycles. The number of anilines is 3. The van der Waals surface area contributed by atoms with E-state index in [1.54, 1.807) is 12.3 Å². The molecule has 162 valence electrons. The minimum atomic E-state index is -2.69. The lowest BCUT2D eigenvalue weighted by molar-refractivity contribution is 0.0989. The third-order valence-corrected chi connectivity index (χ3v) is 7.71. The molecule has 4 aliphatic heterocycles. The van der Waals surface area contributed by atoms with Gasteiger partial charge in [0.1, 0.15) is 11.6 Å². The summed E-state index contributed by atoms with van der Waals surface area (Å²) in [5.41, 5.74) is 7.79. The van der Waals surface area contributed by atoms with Crippen molar-refractivity contribution >= 4 is 17.6 Å². The van der Waals surface area contributed by atoms with Crippen LogP contribution in [0.5, 0.6) is 0 Å². The van der Waals surface area contributed by atoms with Gasteiger partial charge in [0.05, 0.1) is 30.4 Å².